The van der Waals surface area contributed by atoms with Crippen LogP contribution in [-0.4, -0.2) is 38.4 Å². The summed E-state index contributed by atoms with van der Waals surface area (Å²) < 4.78 is 31.3. The summed E-state index contributed by atoms with van der Waals surface area (Å²) in [5.41, 5.74) is 3.54. The summed E-state index contributed by atoms with van der Waals surface area (Å²) in [6.45, 7) is -0.0441. The van der Waals surface area contributed by atoms with Gasteiger partial charge in [-0.15, -0.1) is 0 Å². The number of aromatic amines is 1. The number of anilines is 1. The van der Waals surface area contributed by atoms with E-state index in [-0.39, 0.29) is 30.1 Å². The molecule has 9 heteroatoms. The van der Waals surface area contributed by atoms with E-state index in [4.69, 9.17) is 14.5 Å². The molecule has 2 aromatic heterocycles. The van der Waals surface area contributed by atoms with Gasteiger partial charge in [-0.2, -0.15) is 4.98 Å². The second kappa shape index (κ2) is 15.5. The van der Waals surface area contributed by atoms with Crippen molar-refractivity contribution < 1.29 is 13.9 Å². The fourth-order valence-corrected chi connectivity index (χ4v) is 8.14. The van der Waals surface area contributed by atoms with E-state index in [1.807, 2.05) is 182 Å². The normalized spacial score (nSPS) is 17.1. The SMILES string of the molecule is O=c1[nH]c(NC(c2ccccc2)(c2ccccc2)c2ccccc2)nc2c1ncn2[C@H]1C[C@@H](F)[C@@H](COC(c2ccccc2)(c2ccccc2)c2ccccc2)O1. The zero-order chi connectivity index (χ0) is 38.7. The number of rotatable bonds is 12. The number of hydrogen-bond donors (Lipinski definition) is 2. The Morgan fingerprint density at radius 1 is 0.667 bits per heavy atom. The van der Waals surface area contributed by atoms with Crippen LogP contribution in [0.1, 0.15) is 46.0 Å². The van der Waals surface area contributed by atoms with Crippen molar-refractivity contribution in [1.82, 2.24) is 19.5 Å². The van der Waals surface area contributed by atoms with Gasteiger partial charge in [0.2, 0.25) is 5.95 Å². The van der Waals surface area contributed by atoms with E-state index in [2.05, 4.69) is 15.3 Å². The number of ether oxygens (including phenoxy) is 2. The predicted octanol–water partition coefficient (Wildman–Crippen LogP) is 9.16. The molecule has 0 bridgehead atoms. The van der Waals surface area contributed by atoms with Gasteiger partial charge >= 0.3 is 0 Å². The predicted molar refractivity (Wildman–Crippen MR) is 220 cm³/mol. The first-order valence-electron chi connectivity index (χ1n) is 19.1. The molecule has 57 heavy (non-hydrogen) atoms. The molecule has 0 aliphatic carbocycles. The highest BCUT2D eigenvalue weighted by molar-refractivity contribution is 5.71. The molecule has 0 saturated carbocycles. The Labute approximate surface area is 329 Å². The first kappa shape index (κ1) is 36.0. The van der Waals surface area contributed by atoms with Gasteiger partial charge in [0.15, 0.2) is 11.2 Å². The fourth-order valence-electron chi connectivity index (χ4n) is 8.14. The van der Waals surface area contributed by atoms with Crippen LogP contribution in [-0.2, 0) is 20.6 Å². The molecule has 0 amide bonds. The van der Waals surface area contributed by atoms with Gasteiger partial charge in [0, 0.05) is 6.42 Å². The maximum absolute atomic E-state index is 16.2. The molecule has 0 unspecified atom stereocenters. The van der Waals surface area contributed by atoms with Gasteiger partial charge in [0.1, 0.15) is 29.6 Å². The van der Waals surface area contributed by atoms with Crippen LogP contribution in [0.4, 0.5) is 10.3 Å². The average molecular weight is 754 g/mol. The van der Waals surface area contributed by atoms with Crippen LogP contribution >= 0.6 is 0 Å². The average Bonchev–Trinajstić information content (AvgIpc) is 3.88. The van der Waals surface area contributed by atoms with Crippen molar-refractivity contribution in [3.63, 3.8) is 0 Å². The molecule has 8 aromatic rings. The molecule has 3 heterocycles. The molecule has 1 aliphatic rings. The maximum atomic E-state index is 16.2. The molecule has 1 fully saturated rings. The molecular formula is C48H40FN5O3. The number of halogens is 1. The molecule has 3 atom stereocenters. The van der Waals surface area contributed by atoms with Crippen molar-refractivity contribution in [3.05, 3.63) is 232 Å². The van der Waals surface area contributed by atoms with E-state index in [1.54, 1.807) is 4.57 Å². The molecule has 1 saturated heterocycles. The highest BCUT2D eigenvalue weighted by Crippen LogP contribution is 2.43. The van der Waals surface area contributed by atoms with Crippen LogP contribution in [0.2, 0.25) is 0 Å². The van der Waals surface area contributed by atoms with Crippen molar-refractivity contribution in [2.24, 2.45) is 0 Å². The number of imidazole rings is 1. The van der Waals surface area contributed by atoms with Crippen LogP contribution in [0.3, 0.4) is 0 Å². The Balaban J connectivity index is 1.06. The van der Waals surface area contributed by atoms with E-state index in [0.29, 0.717) is 0 Å². The second-order valence-electron chi connectivity index (χ2n) is 14.2. The Bertz CT molecular complexity index is 2410. The van der Waals surface area contributed by atoms with Crippen LogP contribution in [0.15, 0.2) is 193 Å². The molecule has 2 N–H and O–H groups in total. The minimum absolute atomic E-state index is 0.0215. The molecule has 282 valence electrons. The first-order valence-corrected chi connectivity index (χ1v) is 19.1. The van der Waals surface area contributed by atoms with Crippen molar-refractivity contribution in [1.29, 1.82) is 0 Å². The van der Waals surface area contributed by atoms with Crippen LogP contribution in [0, 0.1) is 0 Å². The lowest BCUT2D eigenvalue weighted by Crippen LogP contribution is -2.39. The molecule has 9 rings (SSSR count). The smallest absolute Gasteiger partial charge is 0.280 e. The minimum atomic E-state index is -1.37. The number of nitrogens with zero attached hydrogens (tertiary/aromatic N) is 3. The third-order valence-corrected chi connectivity index (χ3v) is 10.8. The Kier molecular flexibility index (Phi) is 9.76. The largest absolute Gasteiger partial charge is 0.358 e. The first-order chi connectivity index (χ1) is 28.1. The van der Waals surface area contributed by atoms with Gasteiger partial charge in [-0.3, -0.25) is 14.3 Å². The second-order valence-corrected chi connectivity index (χ2v) is 14.2. The number of H-pyrrole nitrogens is 1. The summed E-state index contributed by atoms with van der Waals surface area (Å²) in [5, 5.41) is 3.64. The van der Waals surface area contributed by atoms with E-state index < -0.39 is 35.2 Å². The van der Waals surface area contributed by atoms with E-state index in [0.717, 1.165) is 33.4 Å². The summed E-state index contributed by atoms with van der Waals surface area (Å²) in [5.74, 6) is 0.221. The summed E-state index contributed by atoms with van der Waals surface area (Å²) in [7, 11) is 0. The monoisotopic (exact) mass is 753 g/mol. The van der Waals surface area contributed by atoms with Crippen LogP contribution in [0.5, 0.6) is 0 Å². The van der Waals surface area contributed by atoms with Gasteiger partial charge in [-0.25, -0.2) is 9.37 Å². The molecule has 8 nitrogen and oxygen atoms in total. The number of fused-ring (bicyclic) bond motifs is 1. The Hall–Kier alpha value is -6.68. The van der Waals surface area contributed by atoms with Crippen molar-refractivity contribution in [3.8, 4) is 0 Å². The van der Waals surface area contributed by atoms with Crippen molar-refractivity contribution in [2.75, 3.05) is 11.9 Å². The molecular weight excluding hydrogens is 714 g/mol. The molecule has 0 radical (unpaired) electrons. The summed E-state index contributed by atoms with van der Waals surface area (Å²) >= 11 is 0. The zero-order valence-corrected chi connectivity index (χ0v) is 31.0. The van der Waals surface area contributed by atoms with E-state index in [1.165, 1.54) is 6.33 Å². The lowest BCUT2D eigenvalue weighted by atomic mass is 9.77. The zero-order valence-electron chi connectivity index (χ0n) is 31.0. The van der Waals surface area contributed by atoms with Crippen LogP contribution in [0.25, 0.3) is 11.2 Å². The Morgan fingerprint density at radius 3 is 1.53 bits per heavy atom. The van der Waals surface area contributed by atoms with Crippen LogP contribution < -0.4 is 10.9 Å². The fraction of sp³-hybridized carbons (Fsp3) is 0.146. The number of aromatic nitrogens is 4. The van der Waals surface area contributed by atoms with E-state index in [9.17, 15) is 4.79 Å². The van der Waals surface area contributed by atoms with Gasteiger partial charge in [-0.1, -0.05) is 182 Å². The third-order valence-electron chi connectivity index (χ3n) is 10.8. The summed E-state index contributed by atoms with van der Waals surface area (Å²) in [6.07, 6.45) is -1.55. The number of alkyl halides is 1. The maximum Gasteiger partial charge on any atom is 0.280 e. The quantitative estimate of drug-likeness (QED) is 0.121. The van der Waals surface area contributed by atoms with Crippen molar-refractivity contribution in [2.45, 2.75) is 36.1 Å². The van der Waals surface area contributed by atoms with Crippen molar-refractivity contribution >= 4 is 17.1 Å². The van der Waals surface area contributed by atoms with E-state index >= 15 is 4.39 Å². The van der Waals surface area contributed by atoms with Gasteiger partial charge in [-0.05, 0) is 33.4 Å². The van der Waals surface area contributed by atoms with Gasteiger partial charge in [0.05, 0.1) is 12.9 Å². The molecule has 1 aliphatic heterocycles. The van der Waals surface area contributed by atoms with Gasteiger partial charge in [0.25, 0.3) is 5.56 Å². The Morgan fingerprint density at radius 2 is 1.09 bits per heavy atom. The third kappa shape index (κ3) is 6.60. The lowest BCUT2D eigenvalue weighted by molar-refractivity contribution is -0.0853. The van der Waals surface area contributed by atoms with Gasteiger partial charge < -0.3 is 14.8 Å². The standard InChI is InChI=1S/C48H40FN5O3/c49-40-31-42(57-41(40)32-56-48(37-25-13-4-14-26-37,38-27-15-5-16-28-38)39-29-17-6-18-30-39)54-33-50-43-44(54)51-46(52-45(43)55)53-47(34-19-7-1-8-20-34,35-21-9-2-10-22-35)36-23-11-3-12-24-36/h1-30,33,40-42H,31-32H2,(H2,51,52,53,55)/t40-,41-,42-/m1/s1. The summed E-state index contributed by atoms with van der Waals surface area (Å²) in [6, 6.07) is 60.0. The molecule has 0 spiro atoms. The number of benzene rings is 6. The number of nitrogens with one attached hydrogen (secondary N) is 2. The minimum Gasteiger partial charge on any atom is -0.358 e. The highest BCUT2D eigenvalue weighted by Gasteiger charge is 2.43. The summed E-state index contributed by atoms with van der Waals surface area (Å²) in [4.78, 5) is 26.0. The topological polar surface area (TPSA) is 94.1 Å². The molecule has 6 aromatic carbocycles. The highest BCUT2D eigenvalue weighted by atomic mass is 19.1. The lowest BCUT2D eigenvalue weighted by Gasteiger charge is -2.37. The number of hydrogen-bond acceptors (Lipinski definition) is 6.